The lowest BCUT2D eigenvalue weighted by atomic mass is 9.92. The van der Waals surface area contributed by atoms with E-state index in [9.17, 15) is 4.79 Å². The first-order chi connectivity index (χ1) is 17.4. The molecule has 1 saturated heterocycles. The standard InChI is InChI=1S/C26H29N9O/c1-16-9-20(24-15-34(4)33-32-24)11-21(10-16)29-25-12-22(23-13-27-7-8-28-23)30-26(31-25)19-6-5-17(2)35(14-19)18(3)36/h7-13,15,17,19H,5-6,14H2,1-4H3,(H,29,30,31)/t17-,19+/m0/s1. The van der Waals surface area contributed by atoms with E-state index in [4.69, 9.17) is 9.97 Å². The van der Waals surface area contributed by atoms with Gasteiger partial charge in [0.25, 0.3) is 0 Å². The lowest BCUT2D eigenvalue weighted by Crippen LogP contribution is -2.44. The largest absolute Gasteiger partial charge is 0.340 e. The van der Waals surface area contributed by atoms with E-state index < -0.39 is 0 Å². The quantitative estimate of drug-likeness (QED) is 0.455. The summed E-state index contributed by atoms with van der Waals surface area (Å²) in [5.74, 6) is 1.46. The number of anilines is 2. The van der Waals surface area contributed by atoms with Crippen LogP contribution in [0.25, 0.3) is 22.6 Å². The van der Waals surface area contributed by atoms with Gasteiger partial charge in [-0.15, -0.1) is 5.10 Å². The molecular weight excluding hydrogens is 454 g/mol. The van der Waals surface area contributed by atoms with E-state index in [-0.39, 0.29) is 17.9 Å². The average molecular weight is 484 g/mol. The normalized spacial score (nSPS) is 17.7. The van der Waals surface area contributed by atoms with Gasteiger partial charge in [0.05, 0.1) is 18.1 Å². The molecule has 0 bridgehead atoms. The van der Waals surface area contributed by atoms with Crippen molar-refractivity contribution in [2.45, 2.75) is 45.6 Å². The number of aryl methyl sites for hydroxylation is 2. The third-order valence-corrected chi connectivity index (χ3v) is 6.47. The minimum Gasteiger partial charge on any atom is -0.340 e. The van der Waals surface area contributed by atoms with Gasteiger partial charge >= 0.3 is 0 Å². The molecule has 1 N–H and O–H groups in total. The molecule has 0 aliphatic carbocycles. The van der Waals surface area contributed by atoms with E-state index in [2.05, 4.69) is 44.7 Å². The predicted octanol–water partition coefficient (Wildman–Crippen LogP) is 3.90. The predicted molar refractivity (Wildman–Crippen MR) is 136 cm³/mol. The van der Waals surface area contributed by atoms with Gasteiger partial charge in [-0.1, -0.05) is 5.21 Å². The van der Waals surface area contributed by atoms with Crippen LogP contribution in [0, 0.1) is 6.92 Å². The Hall–Kier alpha value is -4.21. The summed E-state index contributed by atoms with van der Waals surface area (Å²) in [7, 11) is 1.85. The number of hydrogen-bond acceptors (Lipinski definition) is 8. The number of carbonyl (C=O) groups excluding carboxylic acids is 1. The van der Waals surface area contributed by atoms with Crippen LogP contribution in [0.5, 0.6) is 0 Å². The third kappa shape index (κ3) is 5.07. The minimum atomic E-state index is 0.0370. The molecule has 5 rings (SSSR count). The zero-order chi connectivity index (χ0) is 25.2. The van der Waals surface area contributed by atoms with Gasteiger partial charge in [0.15, 0.2) is 0 Å². The van der Waals surface area contributed by atoms with E-state index in [0.29, 0.717) is 29.6 Å². The Bertz CT molecular complexity index is 1390. The van der Waals surface area contributed by atoms with Crippen molar-refractivity contribution in [3.63, 3.8) is 0 Å². The molecule has 0 spiro atoms. The highest BCUT2D eigenvalue weighted by molar-refractivity contribution is 5.74. The van der Waals surface area contributed by atoms with Crippen molar-refractivity contribution in [1.82, 2.24) is 39.8 Å². The lowest BCUT2D eigenvalue weighted by molar-refractivity contribution is -0.132. The molecule has 0 radical (unpaired) electrons. The number of carbonyl (C=O) groups is 1. The molecule has 1 amide bonds. The van der Waals surface area contributed by atoms with Crippen LogP contribution in [-0.4, -0.2) is 58.3 Å². The molecule has 0 saturated carbocycles. The second-order valence-corrected chi connectivity index (χ2v) is 9.37. The van der Waals surface area contributed by atoms with Gasteiger partial charge in [-0.3, -0.25) is 19.4 Å². The summed E-state index contributed by atoms with van der Waals surface area (Å²) >= 11 is 0. The van der Waals surface area contributed by atoms with Crippen molar-refractivity contribution in [2.24, 2.45) is 7.05 Å². The number of nitrogens with one attached hydrogen (secondary N) is 1. The fourth-order valence-corrected chi connectivity index (χ4v) is 4.66. The van der Waals surface area contributed by atoms with Crippen LogP contribution in [0.4, 0.5) is 11.5 Å². The Kier molecular flexibility index (Phi) is 6.41. The van der Waals surface area contributed by atoms with Gasteiger partial charge in [0, 0.05) is 62.2 Å². The van der Waals surface area contributed by atoms with Gasteiger partial charge in [-0.05, 0) is 50.5 Å². The summed E-state index contributed by atoms with van der Waals surface area (Å²) in [6.07, 6.45) is 8.69. The first-order valence-corrected chi connectivity index (χ1v) is 12.0. The minimum absolute atomic E-state index is 0.0370. The number of benzene rings is 1. The Morgan fingerprint density at radius 1 is 1.06 bits per heavy atom. The maximum absolute atomic E-state index is 12.2. The van der Waals surface area contributed by atoms with E-state index in [0.717, 1.165) is 35.3 Å². The number of aromatic nitrogens is 7. The van der Waals surface area contributed by atoms with Crippen LogP contribution >= 0.6 is 0 Å². The summed E-state index contributed by atoms with van der Waals surface area (Å²) in [6, 6.07) is 8.26. The van der Waals surface area contributed by atoms with E-state index in [1.807, 2.05) is 37.2 Å². The Labute approximate surface area is 209 Å². The van der Waals surface area contributed by atoms with Gasteiger partial charge in [-0.25, -0.2) is 9.97 Å². The first kappa shape index (κ1) is 23.5. The van der Waals surface area contributed by atoms with Gasteiger partial charge in [-0.2, -0.15) is 0 Å². The summed E-state index contributed by atoms with van der Waals surface area (Å²) in [4.78, 5) is 32.5. The smallest absolute Gasteiger partial charge is 0.219 e. The second-order valence-electron chi connectivity index (χ2n) is 9.37. The fourth-order valence-electron chi connectivity index (χ4n) is 4.66. The average Bonchev–Trinajstić information content (AvgIpc) is 3.30. The molecule has 10 heteroatoms. The molecule has 4 aromatic rings. The monoisotopic (exact) mass is 483 g/mol. The summed E-state index contributed by atoms with van der Waals surface area (Å²) in [5, 5.41) is 11.8. The number of amides is 1. The van der Waals surface area contributed by atoms with Gasteiger partial charge < -0.3 is 10.2 Å². The number of hydrogen-bond donors (Lipinski definition) is 1. The molecule has 1 aliphatic heterocycles. The topological polar surface area (TPSA) is 115 Å². The molecular formula is C26H29N9O. The van der Waals surface area contributed by atoms with Crippen molar-refractivity contribution < 1.29 is 4.79 Å². The summed E-state index contributed by atoms with van der Waals surface area (Å²) in [6.45, 7) is 6.35. The number of nitrogens with zero attached hydrogens (tertiary/aromatic N) is 8. The molecule has 184 valence electrons. The SMILES string of the molecule is CC(=O)N1C[C@H](c2nc(Nc3cc(C)cc(-c4cn(C)nn4)c3)cc(-c3cnccn3)n2)CC[C@@H]1C. The molecule has 1 aromatic carbocycles. The lowest BCUT2D eigenvalue weighted by Gasteiger charge is -2.37. The number of piperidine rings is 1. The van der Waals surface area contributed by atoms with Crippen LogP contribution < -0.4 is 5.32 Å². The highest BCUT2D eigenvalue weighted by Crippen LogP contribution is 2.31. The highest BCUT2D eigenvalue weighted by atomic mass is 16.2. The Balaban J connectivity index is 1.52. The molecule has 10 nitrogen and oxygen atoms in total. The van der Waals surface area contributed by atoms with Gasteiger partial charge in [0.1, 0.15) is 23.0 Å². The van der Waals surface area contributed by atoms with Crippen molar-refractivity contribution >= 4 is 17.4 Å². The van der Waals surface area contributed by atoms with Crippen LogP contribution in [0.2, 0.25) is 0 Å². The van der Waals surface area contributed by atoms with E-state index >= 15 is 0 Å². The number of rotatable bonds is 5. The summed E-state index contributed by atoms with van der Waals surface area (Å²) in [5.41, 5.74) is 5.09. The molecule has 3 aromatic heterocycles. The zero-order valence-electron chi connectivity index (χ0n) is 20.9. The second kappa shape index (κ2) is 9.80. The van der Waals surface area contributed by atoms with Crippen molar-refractivity contribution in [2.75, 3.05) is 11.9 Å². The van der Waals surface area contributed by atoms with Crippen molar-refractivity contribution in [3.05, 3.63) is 60.4 Å². The van der Waals surface area contributed by atoms with E-state index in [1.165, 1.54) is 0 Å². The van der Waals surface area contributed by atoms with Crippen LogP contribution in [0.3, 0.4) is 0 Å². The molecule has 0 unspecified atom stereocenters. The maximum atomic E-state index is 12.2. The van der Waals surface area contributed by atoms with Crippen LogP contribution in [-0.2, 0) is 11.8 Å². The fraction of sp³-hybridized carbons (Fsp3) is 0.346. The molecule has 2 atom stereocenters. The Morgan fingerprint density at radius 2 is 1.92 bits per heavy atom. The van der Waals surface area contributed by atoms with Gasteiger partial charge in [0.2, 0.25) is 5.91 Å². The van der Waals surface area contributed by atoms with Crippen molar-refractivity contribution in [3.8, 4) is 22.6 Å². The van der Waals surface area contributed by atoms with Crippen LogP contribution in [0.1, 0.15) is 44.0 Å². The van der Waals surface area contributed by atoms with Crippen molar-refractivity contribution in [1.29, 1.82) is 0 Å². The molecule has 1 aliphatic rings. The Morgan fingerprint density at radius 3 is 2.64 bits per heavy atom. The summed E-state index contributed by atoms with van der Waals surface area (Å²) < 4.78 is 1.68. The zero-order valence-corrected chi connectivity index (χ0v) is 20.9. The number of likely N-dealkylation sites (tertiary alicyclic amines) is 1. The van der Waals surface area contributed by atoms with Crippen LogP contribution in [0.15, 0.2) is 49.1 Å². The third-order valence-electron chi connectivity index (χ3n) is 6.47. The maximum Gasteiger partial charge on any atom is 0.219 e. The van der Waals surface area contributed by atoms with E-state index in [1.54, 1.807) is 30.2 Å². The molecule has 36 heavy (non-hydrogen) atoms. The molecule has 4 heterocycles. The first-order valence-electron chi connectivity index (χ1n) is 12.0. The molecule has 1 fully saturated rings. The highest BCUT2D eigenvalue weighted by Gasteiger charge is 2.30.